The normalized spacial score (nSPS) is 19.6. The van der Waals surface area contributed by atoms with Crippen LogP contribution < -0.4 is 0 Å². The molecular formula is C22H28N2O3. The summed E-state index contributed by atoms with van der Waals surface area (Å²) in [4.78, 5) is 29.5. The van der Waals surface area contributed by atoms with E-state index in [4.69, 9.17) is 4.42 Å². The summed E-state index contributed by atoms with van der Waals surface area (Å²) in [5.41, 5.74) is 2.41. The average molecular weight is 368 g/mol. The highest BCUT2D eigenvalue weighted by atomic mass is 16.3. The molecule has 1 aliphatic carbocycles. The highest BCUT2D eigenvalue weighted by Gasteiger charge is 2.45. The Labute approximate surface area is 160 Å². The Morgan fingerprint density at radius 2 is 1.93 bits per heavy atom. The van der Waals surface area contributed by atoms with Crippen LogP contribution in [0.1, 0.15) is 61.9 Å². The first-order valence-electron chi connectivity index (χ1n) is 10.1. The first kappa shape index (κ1) is 18.1. The number of nitrogens with zero attached hydrogens (tertiary/aromatic N) is 2. The number of fused-ring (bicyclic) bond motifs is 1. The topological polar surface area (TPSA) is 53.8 Å². The summed E-state index contributed by atoms with van der Waals surface area (Å²) in [6, 6.07) is 6.05. The van der Waals surface area contributed by atoms with Crippen molar-refractivity contribution in [1.29, 1.82) is 0 Å². The number of hydrogen-bond acceptors (Lipinski definition) is 3. The molecule has 2 heterocycles. The summed E-state index contributed by atoms with van der Waals surface area (Å²) < 4.78 is 5.64. The maximum absolute atomic E-state index is 13.3. The van der Waals surface area contributed by atoms with Crippen LogP contribution in [0.2, 0.25) is 0 Å². The van der Waals surface area contributed by atoms with E-state index < -0.39 is 0 Å². The third kappa shape index (κ3) is 3.13. The van der Waals surface area contributed by atoms with Crippen LogP contribution in [-0.2, 0) is 11.2 Å². The van der Waals surface area contributed by atoms with Crippen molar-refractivity contribution in [3.05, 3.63) is 35.6 Å². The Hall–Kier alpha value is -2.30. The number of amides is 2. The van der Waals surface area contributed by atoms with Crippen LogP contribution in [0, 0.1) is 0 Å². The predicted molar refractivity (Wildman–Crippen MR) is 105 cm³/mol. The summed E-state index contributed by atoms with van der Waals surface area (Å²) in [6.07, 6.45) is 7.96. The van der Waals surface area contributed by atoms with Crippen molar-refractivity contribution < 1.29 is 14.0 Å². The summed E-state index contributed by atoms with van der Waals surface area (Å²) in [5, 5.41) is 0.894. The zero-order valence-electron chi connectivity index (χ0n) is 16.3. The molecule has 2 amide bonds. The molecule has 0 bridgehead atoms. The average Bonchev–Trinajstić information content (AvgIpc) is 3.10. The van der Waals surface area contributed by atoms with Crippen molar-refractivity contribution in [3.8, 4) is 0 Å². The van der Waals surface area contributed by atoms with Gasteiger partial charge >= 0.3 is 0 Å². The number of benzene rings is 1. The Morgan fingerprint density at radius 3 is 2.63 bits per heavy atom. The molecule has 1 aliphatic heterocycles. The van der Waals surface area contributed by atoms with E-state index in [9.17, 15) is 9.59 Å². The molecule has 144 valence electrons. The van der Waals surface area contributed by atoms with E-state index in [2.05, 4.69) is 13.0 Å². The highest BCUT2D eigenvalue weighted by molar-refractivity contribution is 6.06. The Kier molecular flexibility index (Phi) is 4.70. The van der Waals surface area contributed by atoms with E-state index in [1.165, 1.54) is 12.0 Å². The van der Waals surface area contributed by atoms with Crippen LogP contribution in [0.3, 0.4) is 0 Å². The van der Waals surface area contributed by atoms with E-state index in [1.807, 2.05) is 21.9 Å². The van der Waals surface area contributed by atoms with Gasteiger partial charge in [0.25, 0.3) is 5.91 Å². The first-order chi connectivity index (χ1) is 13.0. The van der Waals surface area contributed by atoms with Gasteiger partial charge in [-0.2, -0.15) is 0 Å². The van der Waals surface area contributed by atoms with Crippen molar-refractivity contribution >= 4 is 22.8 Å². The second kappa shape index (κ2) is 7.02. The van der Waals surface area contributed by atoms with E-state index in [0.29, 0.717) is 25.2 Å². The molecule has 0 N–H and O–H groups in total. The van der Waals surface area contributed by atoms with E-state index in [1.54, 1.807) is 13.2 Å². The minimum Gasteiger partial charge on any atom is -0.463 e. The molecule has 5 nitrogen and oxygen atoms in total. The lowest BCUT2D eigenvalue weighted by Gasteiger charge is -2.52. The fourth-order valence-corrected chi connectivity index (χ4v) is 4.91. The first-order valence-corrected chi connectivity index (χ1v) is 10.1. The molecule has 0 atom stereocenters. The monoisotopic (exact) mass is 368 g/mol. The van der Waals surface area contributed by atoms with Crippen molar-refractivity contribution in [3.63, 3.8) is 0 Å². The van der Waals surface area contributed by atoms with Crippen molar-refractivity contribution in [1.82, 2.24) is 9.80 Å². The molecule has 1 saturated heterocycles. The molecular weight excluding hydrogens is 340 g/mol. The molecule has 27 heavy (non-hydrogen) atoms. The zero-order chi connectivity index (χ0) is 19.0. The molecule has 0 radical (unpaired) electrons. The van der Waals surface area contributed by atoms with E-state index in [-0.39, 0.29) is 17.4 Å². The molecule has 2 aliphatic rings. The summed E-state index contributed by atoms with van der Waals surface area (Å²) in [7, 11) is 0. The van der Waals surface area contributed by atoms with Crippen LogP contribution in [0.25, 0.3) is 11.0 Å². The Bertz CT molecular complexity index is 864. The molecule has 5 heteroatoms. The zero-order valence-corrected chi connectivity index (χ0v) is 16.3. The molecule has 0 unspecified atom stereocenters. The van der Waals surface area contributed by atoms with Gasteiger partial charge in [0.15, 0.2) is 0 Å². The number of furan rings is 1. The van der Waals surface area contributed by atoms with Crippen LogP contribution in [0.15, 0.2) is 28.9 Å². The van der Waals surface area contributed by atoms with Gasteiger partial charge in [-0.25, -0.2) is 0 Å². The van der Waals surface area contributed by atoms with Gasteiger partial charge < -0.3 is 14.2 Å². The van der Waals surface area contributed by atoms with Gasteiger partial charge in [0.1, 0.15) is 11.8 Å². The summed E-state index contributed by atoms with van der Waals surface area (Å²) in [5.74, 6) is 0.153. The van der Waals surface area contributed by atoms with Crippen LogP contribution in [-0.4, -0.2) is 46.8 Å². The molecule has 1 spiro atoms. The van der Waals surface area contributed by atoms with Gasteiger partial charge in [0.05, 0.1) is 11.1 Å². The minimum absolute atomic E-state index is 0.0233. The SMILES string of the molecule is CCc1ccc2occ(C(=O)N3CCN(C(C)=O)C4(CCCCC4)C3)c2c1. The lowest BCUT2D eigenvalue weighted by atomic mass is 9.78. The smallest absolute Gasteiger partial charge is 0.257 e. The minimum atomic E-state index is -0.188. The van der Waals surface area contributed by atoms with E-state index >= 15 is 0 Å². The number of carbonyl (C=O) groups excluding carboxylic acids is 2. The van der Waals surface area contributed by atoms with Crippen molar-refractivity contribution in [2.75, 3.05) is 19.6 Å². The van der Waals surface area contributed by atoms with Crippen LogP contribution in [0.5, 0.6) is 0 Å². The van der Waals surface area contributed by atoms with Crippen molar-refractivity contribution in [2.45, 2.75) is 57.9 Å². The van der Waals surface area contributed by atoms with Gasteiger partial charge in [-0.15, -0.1) is 0 Å². The maximum atomic E-state index is 13.3. The molecule has 1 aromatic heterocycles. The third-order valence-electron chi connectivity index (χ3n) is 6.38. The second-order valence-electron chi connectivity index (χ2n) is 8.02. The Morgan fingerprint density at radius 1 is 1.15 bits per heavy atom. The number of carbonyl (C=O) groups is 2. The fraction of sp³-hybridized carbons (Fsp3) is 0.545. The number of rotatable bonds is 2. The quantitative estimate of drug-likeness (QED) is 0.805. The number of aryl methyl sites for hydroxylation is 1. The lowest BCUT2D eigenvalue weighted by Crippen LogP contribution is -2.65. The maximum Gasteiger partial charge on any atom is 0.257 e. The number of piperazine rings is 1. The van der Waals surface area contributed by atoms with Gasteiger partial charge in [0.2, 0.25) is 5.91 Å². The molecule has 2 aromatic rings. The standard InChI is InChI=1S/C22H28N2O3/c1-3-17-7-8-20-18(13-17)19(14-27-20)21(26)23-11-12-24(16(2)25)22(15-23)9-5-4-6-10-22/h7-8,13-14H,3-6,9-12,15H2,1-2H3. The van der Waals surface area contributed by atoms with Gasteiger partial charge in [-0.3, -0.25) is 9.59 Å². The summed E-state index contributed by atoms with van der Waals surface area (Å²) in [6.45, 7) is 5.60. The molecule has 1 aromatic carbocycles. The predicted octanol–water partition coefficient (Wildman–Crippen LogP) is 4.00. The number of hydrogen-bond donors (Lipinski definition) is 0. The highest BCUT2D eigenvalue weighted by Crippen LogP contribution is 2.37. The van der Waals surface area contributed by atoms with Crippen LogP contribution >= 0.6 is 0 Å². The van der Waals surface area contributed by atoms with Gasteiger partial charge in [-0.05, 0) is 37.0 Å². The molecule has 1 saturated carbocycles. The van der Waals surface area contributed by atoms with Crippen LogP contribution in [0.4, 0.5) is 0 Å². The van der Waals surface area contributed by atoms with E-state index in [0.717, 1.165) is 43.1 Å². The largest absolute Gasteiger partial charge is 0.463 e. The van der Waals surface area contributed by atoms with Gasteiger partial charge in [0, 0.05) is 31.9 Å². The summed E-state index contributed by atoms with van der Waals surface area (Å²) >= 11 is 0. The third-order valence-corrected chi connectivity index (χ3v) is 6.38. The van der Waals surface area contributed by atoms with Gasteiger partial charge in [-0.1, -0.05) is 32.3 Å². The molecule has 2 fully saturated rings. The Balaban J connectivity index is 1.64. The molecule has 4 rings (SSSR count). The second-order valence-corrected chi connectivity index (χ2v) is 8.02. The lowest BCUT2D eigenvalue weighted by molar-refractivity contribution is -0.141. The fourth-order valence-electron chi connectivity index (χ4n) is 4.91. The van der Waals surface area contributed by atoms with Crippen molar-refractivity contribution in [2.24, 2.45) is 0 Å².